The van der Waals surface area contributed by atoms with Crippen molar-refractivity contribution < 1.29 is 4.74 Å². The van der Waals surface area contributed by atoms with Crippen LogP contribution in [0, 0.1) is 0 Å². The normalized spacial score (nSPS) is 29.4. The molecule has 0 aromatic heterocycles. The van der Waals surface area contributed by atoms with E-state index in [0.29, 0.717) is 6.10 Å². The molecule has 0 spiro atoms. The van der Waals surface area contributed by atoms with Crippen molar-refractivity contribution in [2.75, 3.05) is 44.3 Å². The highest BCUT2D eigenvalue weighted by atomic mass is 32.2. The Morgan fingerprint density at radius 2 is 2.19 bits per heavy atom. The molecule has 4 heteroatoms. The van der Waals surface area contributed by atoms with Crippen molar-refractivity contribution in [3.05, 3.63) is 0 Å². The fraction of sp³-hybridized carbons (Fsp3) is 1.00. The average molecular weight is 244 g/mol. The molecule has 0 aliphatic carbocycles. The first-order valence-electron chi connectivity index (χ1n) is 6.50. The SMILES string of the molecule is CC1CSCCN1CCOC1CCNCC1. The van der Waals surface area contributed by atoms with Crippen molar-refractivity contribution in [1.82, 2.24) is 10.2 Å². The molecule has 0 amide bonds. The van der Waals surface area contributed by atoms with E-state index in [0.717, 1.165) is 32.3 Å². The van der Waals surface area contributed by atoms with E-state index in [2.05, 4.69) is 28.9 Å². The second-order valence-electron chi connectivity index (χ2n) is 4.78. The molecule has 0 saturated carbocycles. The molecule has 2 aliphatic rings. The van der Waals surface area contributed by atoms with Crippen LogP contribution in [-0.2, 0) is 4.74 Å². The van der Waals surface area contributed by atoms with Crippen molar-refractivity contribution >= 4 is 11.8 Å². The summed E-state index contributed by atoms with van der Waals surface area (Å²) in [6, 6.07) is 0.732. The van der Waals surface area contributed by atoms with Crippen LogP contribution in [0.2, 0.25) is 0 Å². The quantitative estimate of drug-likeness (QED) is 0.803. The van der Waals surface area contributed by atoms with Crippen molar-refractivity contribution in [3.8, 4) is 0 Å². The van der Waals surface area contributed by atoms with Gasteiger partial charge in [-0.3, -0.25) is 4.90 Å². The molecule has 0 radical (unpaired) electrons. The summed E-state index contributed by atoms with van der Waals surface area (Å²) in [5, 5.41) is 3.37. The zero-order valence-electron chi connectivity index (χ0n) is 10.3. The van der Waals surface area contributed by atoms with E-state index < -0.39 is 0 Å². The van der Waals surface area contributed by atoms with E-state index in [4.69, 9.17) is 4.74 Å². The molecule has 0 aromatic carbocycles. The van der Waals surface area contributed by atoms with E-state index in [1.165, 1.54) is 30.9 Å². The summed E-state index contributed by atoms with van der Waals surface area (Å²) in [7, 11) is 0. The molecule has 2 aliphatic heterocycles. The number of hydrogen-bond donors (Lipinski definition) is 1. The van der Waals surface area contributed by atoms with Crippen molar-refractivity contribution in [2.45, 2.75) is 31.9 Å². The molecule has 0 bridgehead atoms. The number of thioether (sulfide) groups is 1. The fourth-order valence-corrected chi connectivity index (χ4v) is 3.47. The first-order chi connectivity index (χ1) is 7.86. The number of ether oxygens (including phenoxy) is 1. The maximum atomic E-state index is 5.95. The van der Waals surface area contributed by atoms with Crippen molar-refractivity contribution in [1.29, 1.82) is 0 Å². The number of hydrogen-bond acceptors (Lipinski definition) is 4. The molecule has 3 nitrogen and oxygen atoms in total. The third-order valence-corrected chi connectivity index (χ3v) is 4.71. The molecule has 2 heterocycles. The maximum Gasteiger partial charge on any atom is 0.0600 e. The molecule has 2 saturated heterocycles. The Bertz CT molecular complexity index is 197. The van der Waals surface area contributed by atoms with Crippen molar-refractivity contribution in [3.63, 3.8) is 0 Å². The van der Waals surface area contributed by atoms with Gasteiger partial charge in [-0.05, 0) is 32.9 Å². The Kier molecular flexibility index (Phi) is 5.42. The largest absolute Gasteiger partial charge is 0.377 e. The van der Waals surface area contributed by atoms with Crippen LogP contribution in [0.1, 0.15) is 19.8 Å². The van der Waals surface area contributed by atoms with Crippen LogP contribution in [0.3, 0.4) is 0 Å². The Balaban J connectivity index is 1.59. The molecular formula is C12H24N2OS. The third-order valence-electron chi connectivity index (χ3n) is 3.52. The van der Waals surface area contributed by atoms with E-state index in [1.807, 2.05) is 0 Å². The van der Waals surface area contributed by atoms with Gasteiger partial charge in [-0.15, -0.1) is 0 Å². The Hall–Kier alpha value is 0.230. The second kappa shape index (κ2) is 6.84. The Morgan fingerprint density at radius 3 is 2.94 bits per heavy atom. The lowest BCUT2D eigenvalue weighted by atomic mass is 10.1. The lowest BCUT2D eigenvalue weighted by molar-refractivity contribution is 0.0168. The molecular weight excluding hydrogens is 220 g/mol. The highest BCUT2D eigenvalue weighted by molar-refractivity contribution is 7.99. The average Bonchev–Trinajstić information content (AvgIpc) is 2.33. The lowest BCUT2D eigenvalue weighted by Gasteiger charge is -2.33. The van der Waals surface area contributed by atoms with Gasteiger partial charge in [0, 0.05) is 30.6 Å². The molecule has 94 valence electrons. The molecule has 0 aromatic rings. The van der Waals surface area contributed by atoms with Crippen molar-refractivity contribution in [2.24, 2.45) is 0 Å². The summed E-state index contributed by atoms with van der Waals surface area (Å²) in [5.74, 6) is 2.57. The van der Waals surface area contributed by atoms with E-state index >= 15 is 0 Å². The standard InChI is InChI=1S/C12H24N2OS/c1-11-10-16-9-7-14(11)6-8-15-12-2-4-13-5-3-12/h11-13H,2-10H2,1H3. The van der Waals surface area contributed by atoms with Crippen LogP contribution in [0.4, 0.5) is 0 Å². The predicted octanol–water partition coefficient (Wildman–Crippen LogP) is 1.19. The second-order valence-corrected chi connectivity index (χ2v) is 5.93. The topological polar surface area (TPSA) is 24.5 Å². The van der Waals surface area contributed by atoms with Crippen LogP contribution < -0.4 is 5.32 Å². The summed E-state index contributed by atoms with van der Waals surface area (Å²) in [6.07, 6.45) is 2.88. The smallest absolute Gasteiger partial charge is 0.0600 e. The van der Waals surface area contributed by atoms with E-state index in [-0.39, 0.29) is 0 Å². The number of rotatable bonds is 4. The summed E-state index contributed by atoms with van der Waals surface area (Å²) in [4.78, 5) is 2.57. The minimum atomic E-state index is 0.510. The summed E-state index contributed by atoms with van der Waals surface area (Å²) >= 11 is 2.08. The van der Waals surface area contributed by atoms with Crippen LogP contribution in [0.25, 0.3) is 0 Å². The fourth-order valence-electron chi connectivity index (χ4n) is 2.39. The van der Waals surface area contributed by atoms with Gasteiger partial charge in [0.15, 0.2) is 0 Å². The first-order valence-corrected chi connectivity index (χ1v) is 7.66. The summed E-state index contributed by atoms with van der Waals surface area (Å²) < 4.78 is 5.95. The van der Waals surface area contributed by atoms with Gasteiger partial charge < -0.3 is 10.1 Å². The van der Waals surface area contributed by atoms with Gasteiger partial charge in [0.2, 0.25) is 0 Å². The van der Waals surface area contributed by atoms with Gasteiger partial charge >= 0.3 is 0 Å². The van der Waals surface area contributed by atoms with Crippen LogP contribution in [0.15, 0.2) is 0 Å². The molecule has 16 heavy (non-hydrogen) atoms. The molecule has 1 atom stereocenters. The van der Waals surface area contributed by atoms with Gasteiger partial charge in [0.05, 0.1) is 12.7 Å². The van der Waals surface area contributed by atoms with Gasteiger partial charge in [-0.1, -0.05) is 0 Å². The number of nitrogens with zero attached hydrogens (tertiary/aromatic N) is 1. The summed E-state index contributed by atoms with van der Waals surface area (Å²) in [5.41, 5.74) is 0. The predicted molar refractivity (Wildman–Crippen MR) is 70.2 cm³/mol. The zero-order valence-corrected chi connectivity index (χ0v) is 11.1. The van der Waals surface area contributed by atoms with Crippen LogP contribution in [0.5, 0.6) is 0 Å². The van der Waals surface area contributed by atoms with Gasteiger partial charge in [-0.2, -0.15) is 11.8 Å². The minimum absolute atomic E-state index is 0.510. The van der Waals surface area contributed by atoms with Crippen LogP contribution in [-0.4, -0.2) is 61.3 Å². The highest BCUT2D eigenvalue weighted by Gasteiger charge is 2.19. The number of nitrogens with one attached hydrogen (secondary N) is 1. The molecule has 1 unspecified atom stereocenters. The molecule has 2 rings (SSSR count). The van der Waals surface area contributed by atoms with Gasteiger partial charge in [-0.25, -0.2) is 0 Å². The third kappa shape index (κ3) is 3.91. The van der Waals surface area contributed by atoms with Crippen LogP contribution >= 0.6 is 11.8 Å². The first kappa shape index (κ1) is 12.7. The maximum absolute atomic E-state index is 5.95. The Morgan fingerprint density at radius 1 is 1.38 bits per heavy atom. The highest BCUT2D eigenvalue weighted by Crippen LogP contribution is 2.15. The monoisotopic (exact) mass is 244 g/mol. The van der Waals surface area contributed by atoms with Gasteiger partial charge in [0.25, 0.3) is 0 Å². The summed E-state index contributed by atoms with van der Waals surface area (Å²) in [6.45, 7) is 7.85. The Labute approximate surface area is 103 Å². The lowest BCUT2D eigenvalue weighted by Crippen LogP contribution is -2.43. The number of piperidine rings is 1. The van der Waals surface area contributed by atoms with E-state index in [9.17, 15) is 0 Å². The minimum Gasteiger partial charge on any atom is -0.377 e. The zero-order chi connectivity index (χ0) is 11.2. The van der Waals surface area contributed by atoms with E-state index in [1.54, 1.807) is 0 Å². The van der Waals surface area contributed by atoms with Gasteiger partial charge in [0.1, 0.15) is 0 Å². The molecule has 1 N–H and O–H groups in total. The molecule has 2 fully saturated rings.